The third-order valence-corrected chi connectivity index (χ3v) is 3.66. The van der Waals surface area contributed by atoms with E-state index in [0.29, 0.717) is 12.1 Å². The molecule has 0 fully saturated rings. The number of thiophene rings is 1. The first-order valence-electron chi connectivity index (χ1n) is 5.70. The van der Waals surface area contributed by atoms with Crippen molar-refractivity contribution < 1.29 is 9.90 Å². The van der Waals surface area contributed by atoms with E-state index in [1.54, 1.807) is 24.1 Å². The Balaban J connectivity index is 2.00. The van der Waals surface area contributed by atoms with Gasteiger partial charge in [0, 0.05) is 17.5 Å². The maximum absolute atomic E-state index is 12.1. The van der Waals surface area contributed by atoms with Crippen LogP contribution in [0.2, 0.25) is 0 Å². The molecule has 18 heavy (non-hydrogen) atoms. The van der Waals surface area contributed by atoms with Crippen LogP contribution in [-0.4, -0.2) is 29.5 Å². The maximum atomic E-state index is 12.1. The number of nitrogens with zero attached hydrogens (tertiary/aromatic N) is 1. The first kappa shape index (κ1) is 12.8. The van der Waals surface area contributed by atoms with E-state index in [2.05, 4.69) is 0 Å². The number of rotatable bonds is 4. The average molecular weight is 261 g/mol. The minimum absolute atomic E-state index is 0.0776. The van der Waals surface area contributed by atoms with Crippen molar-refractivity contribution in [3.8, 4) is 0 Å². The van der Waals surface area contributed by atoms with Crippen LogP contribution in [0.1, 0.15) is 21.3 Å². The molecule has 2 aromatic rings. The molecule has 2 rings (SSSR count). The summed E-state index contributed by atoms with van der Waals surface area (Å²) >= 11 is 1.49. The number of carbonyl (C=O) groups is 1. The Hall–Kier alpha value is -1.65. The number of hydrogen-bond acceptors (Lipinski definition) is 3. The standard InChI is InChI=1S/C14H15NO2S/c1-15(10-12(16)13-8-5-9-18-13)14(17)11-6-3-2-4-7-11/h2-9,12,16H,10H2,1H3. The van der Waals surface area contributed by atoms with Crippen LogP contribution in [0.25, 0.3) is 0 Å². The van der Waals surface area contributed by atoms with Gasteiger partial charge in [-0.05, 0) is 23.6 Å². The summed E-state index contributed by atoms with van der Waals surface area (Å²) in [5, 5.41) is 11.9. The Bertz CT molecular complexity index is 496. The van der Waals surface area contributed by atoms with Gasteiger partial charge >= 0.3 is 0 Å². The molecule has 0 spiro atoms. The van der Waals surface area contributed by atoms with E-state index in [1.165, 1.54) is 11.3 Å². The number of hydrogen-bond donors (Lipinski definition) is 1. The van der Waals surface area contributed by atoms with E-state index >= 15 is 0 Å². The van der Waals surface area contributed by atoms with Crippen LogP contribution in [0.3, 0.4) is 0 Å². The largest absolute Gasteiger partial charge is 0.386 e. The van der Waals surface area contributed by atoms with Gasteiger partial charge in [-0.3, -0.25) is 4.79 Å². The minimum atomic E-state index is -0.623. The molecule has 0 radical (unpaired) electrons. The van der Waals surface area contributed by atoms with Gasteiger partial charge in [-0.15, -0.1) is 11.3 Å². The Labute approximate surface area is 110 Å². The number of amides is 1. The summed E-state index contributed by atoms with van der Waals surface area (Å²) in [7, 11) is 1.70. The summed E-state index contributed by atoms with van der Waals surface area (Å²) < 4.78 is 0. The van der Waals surface area contributed by atoms with Crippen molar-refractivity contribution in [3.63, 3.8) is 0 Å². The lowest BCUT2D eigenvalue weighted by molar-refractivity contribution is 0.0685. The smallest absolute Gasteiger partial charge is 0.253 e. The number of aliphatic hydroxyl groups excluding tert-OH is 1. The third-order valence-electron chi connectivity index (χ3n) is 2.69. The van der Waals surface area contributed by atoms with E-state index in [-0.39, 0.29) is 5.91 Å². The van der Waals surface area contributed by atoms with Crippen molar-refractivity contribution >= 4 is 17.2 Å². The van der Waals surface area contributed by atoms with E-state index in [1.807, 2.05) is 35.7 Å². The fourth-order valence-electron chi connectivity index (χ4n) is 1.71. The highest BCUT2D eigenvalue weighted by atomic mass is 32.1. The predicted molar refractivity (Wildman–Crippen MR) is 72.7 cm³/mol. The molecule has 1 aromatic heterocycles. The normalized spacial score (nSPS) is 12.1. The highest BCUT2D eigenvalue weighted by Gasteiger charge is 2.16. The van der Waals surface area contributed by atoms with E-state index in [9.17, 15) is 9.90 Å². The van der Waals surface area contributed by atoms with Crippen LogP contribution < -0.4 is 0 Å². The second-order valence-corrected chi connectivity index (χ2v) is 5.06. The topological polar surface area (TPSA) is 40.5 Å². The quantitative estimate of drug-likeness (QED) is 0.919. The Morgan fingerprint density at radius 1 is 1.28 bits per heavy atom. The zero-order valence-electron chi connectivity index (χ0n) is 10.1. The molecule has 0 bridgehead atoms. The molecule has 1 N–H and O–H groups in total. The predicted octanol–water partition coefficient (Wildman–Crippen LogP) is 2.55. The molecule has 0 aliphatic heterocycles. The molecule has 1 aromatic carbocycles. The molecule has 0 saturated heterocycles. The van der Waals surface area contributed by atoms with Crippen LogP contribution in [0.15, 0.2) is 47.8 Å². The molecule has 1 atom stereocenters. The van der Waals surface area contributed by atoms with Crippen molar-refractivity contribution in [3.05, 3.63) is 58.3 Å². The molecule has 4 heteroatoms. The van der Waals surface area contributed by atoms with Crippen molar-refractivity contribution in [2.45, 2.75) is 6.10 Å². The van der Waals surface area contributed by atoms with Crippen LogP contribution in [0, 0.1) is 0 Å². The van der Waals surface area contributed by atoms with Crippen molar-refractivity contribution in [1.82, 2.24) is 4.90 Å². The van der Waals surface area contributed by atoms with Crippen LogP contribution in [0.4, 0.5) is 0 Å². The van der Waals surface area contributed by atoms with Gasteiger partial charge in [0.05, 0.1) is 6.54 Å². The molecule has 0 aliphatic rings. The van der Waals surface area contributed by atoms with Gasteiger partial charge in [-0.2, -0.15) is 0 Å². The first-order chi connectivity index (χ1) is 8.68. The fourth-order valence-corrected chi connectivity index (χ4v) is 2.42. The summed E-state index contributed by atoms with van der Waals surface area (Å²) in [5.41, 5.74) is 0.637. The second-order valence-electron chi connectivity index (χ2n) is 4.08. The minimum Gasteiger partial charge on any atom is -0.386 e. The van der Waals surface area contributed by atoms with E-state index in [4.69, 9.17) is 0 Å². The highest BCUT2D eigenvalue weighted by molar-refractivity contribution is 7.10. The summed E-state index contributed by atoms with van der Waals surface area (Å²) in [5.74, 6) is -0.0776. The third kappa shape index (κ3) is 2.97. The van der Waals surface area contributed by atoms with Gasteiger partial charge in [-0.1, -0.05) is 24.3 Å². The van der Waals surface area contributed by atoms with Gasteiger partial charge in [0.25, 0.3) is 5.91 Å². The summed E-state index contributed by atoms with van der Waals surface area (Å²) in [6, 6.07) is 12.8. The van der Waals surface area contributed by atoms with Crippen molar-refractivity contribution in [2.24, 2.45) is 0 Å². The van der Waals surface area contributed by atoms with Gasteiger partial charge < -0.3 is 10.0 Å². The number of carbonyl (C=O) groups excluding carboxylic acids is 1. The lowest BCUT2D eigenvalue weighted by Gasteiger charge is -2.20. The zero-order valence-corrected chi connectivity index (χ0v) is 10.9. The average Bonchev–Trinajstić information content (AvgIpc) is 2.92. The number of aliphatic hydroxyl groups is 1. The van der Waals surface area contributed by atoms with E-state index < -0.39 is 6.10 Å². The molecular formula is C14H15NO2S. The monoisotopic (exact) mass is 261 g/mol. The Morgan fingerprint density at radius 2 is 2.00 bits per heavy atom. The molecular weight excluding hydrogens is 246 g/mol. The van der Waals surface area contributed by atoms with Gasteiger partial charge in [0.1, 0.15) is 6.10 Å². The molecule has 1 unspecified atom stereocenters. The first-order valence-corrected chi connectivity index (χ1v) is 6.58. The summed E-state index contributed by atoms with van der Waals surface area (Å²) in [4.78, 5) is 14.5. The number of likely N-dealkylation sites (N-methyl/N-ethyl adjacent to an activating group) is 1. The zero-order chi connectivity index (χ0) is 13.0. The summed E-state index contributed by atoms with van der Waals surface area (Å²) in [6.07, 6.45) is -0.623. The molecule has 1 amide bonds. The van der Waals surface area contributed by atoms with Crippen LogP contribution in [-0.2, 0) is 0 Å². The van der Waals surface area contributed by atoms with Crippen molar-refractivity contribution in [2.75, 3.05) is 13.6 Å². The molecule has 0 aliphatic carbocycles. The summed E-state index contributed by atoms with van der Waals surface area (Å²) in [6.45, 7) is 0.300. The second kappa shape index (κ2) is 5.80. The molecule has 1 heterocycles. The lowest BCUT2D eigenvalue weighted by atomic mass is 10.2. The van der Waals surface area contributed by atoms with Crippen molar-refractivity contribution in [1.29, 1.82) is 0 Å². The number of benzene rings is 1. The van der Waals surface area contributed by atoms with Gasteiger partial charge in [-0.25, -0.2) is 0 Å². The Kier molecular flexibility index (Phi) is 4.12. The molecule has 0 saturated carbocycles. The SMILES string of the molecule is CN(CC(O)c1cccs1)C(=O)c1ccccc1. The molecule has 94 valence electrons. The van der Waals surface area contributed by atoms with Crippen LogP contribution >= 0.6 is 11.3 Å². The lowest BCUT2D eigenvalue weighted by Crippen LogP contribution is -2.30. The van der Waals surface area contributed by atoms with Crippen LogP contribution in [0.5, 0.6) is 0 Å². The Morgan fingerprint density at radius 3 is 2.61 bits per heavy atom. The maximum Gasteiger partial charge on any atom is 0.253 e. The highest BCUT2D eigenvalue weighted by Crippen LogP contribution is 2.19. The van der Waals surface area contributed by atoms with Gasteiger partial charge in [0.15, 0.2) is 0 Å². The van der Waals surface area contributed by atoms with Gasteiger partial charge in [0.2, 0.25) is 0 Å². The fraction of sp³-hybridized carbons (Fsp3) is 0.214. The molecule has 3 nitrogen and oxygen atoms in total. The van der Waals surface area contributed by atoms with E-state index in [0.717, 1.165) is 4.88 Å².